The number of benzene rings is 20. The highest BCUT2D eigenvalue weighted by atomic mass is 32.1. The molecule has 0 saturated carbocycles. The maximum atomic E-state index is 5.21. The van der Waals surface area contributed by atoms with E-state index in [1.165, 1.54) is 90.9 Å². The highest BCUT2D eigenvalue weighted by Crippen LogP contribution is 2.47. The summed E-state index contributed by atoms with van der Waals surface area (Å²) in [6.45, 7) is 0. The van der Waals surface area contributed by atoms with Gasteiger partial charge in [0.2, 0.25) is 11.9 Å². The highest BCUT2D eigenvalue weighted by Gasteiger charge is 2.28. The van der Waals surface area contributed by atoms with Crippen molar-refractivity contribution in [3.05, 3.63) is 497 Å². The lowest BCUT2D eigenvalue weighted by Gasteiger charge is -2.12. The largest absolute Gasteiger partial charge is 0.309 e. The number of hydrogen-bond acceptors (Lipinski definition) is 10. The molecule has 0 radical (unpaired) electrons. The second kappa shape index (κ2) is 35.6. The van der Waals surface area contributed by atoms with Gasteiger partial charge in [-0.1, -0.05) is 406 Å². The molecule has 0 unspecified atom stereocenters. The van der Waals surface area contributed by atoms with Crippen molar-refractivity contribution in [3.63, 3.8) is 0 Å². The minimum absolute atomic E-state index is 0.582. The minimum atomic E-state index is 0.582. The average molecular weight is 1860 g/mol. The van der Waals surface area contributed by atoms with E-state index >= 15 is 0 Å². The Morgan fingerprint density at radius 3 is 0.896 bits per heavy atom. The third-order valence-electron chi connectivity index (χ3n) is 27.4. The topological polar surface area (TPSA) is 141 Å². The first-order chi connectivity index (χ1) is 71.4. The summed E-state index contributed by atoms with van der Waals surface area (Å²) in [5.74, 6) is 5.66. The van der Waals surface area contributed by atoms with Crippen LogP contribution in [-0.4, -0.2) is 67.7 Å². The van der Waals surface area contributed by atoms with Crippen LogP contribution < -0.4 is 0 Å². The van der Waals surface area contributed by atoms with E-state index in [0.717, 1.165) is 117 Å². The Bertz CT molecular complexity index is 9930. The van der Waals surface area contributed by atoms with E-state index in [4.69, 9.17) is 44.9 Å². The quantitative estimate of drug-likeness (QED) is 0.104. The fourth-order valence-corrected chi connectivity index (χ4v) is 22.0. The van der Waals surface area contributed by atoms with Crippen LogP contribution in [0.15, 0.2) is 497 Å². The summed E-state index contributed by atoms with van der Waals surface area (Å²) in [5, 5.41) is 14.5. The molecule has 0 spiro atoms. The summed E-state index contributed by atoms with van der Waals surface area (Å²) in [6.07, 6.45) is 0. The molecule has 20 aromatic carbocycles. The van der Waals surface area contributed by atoms with Gasteiger partial charge >= 0.3 is 0 Å². The van der Waals surface area contributed by atoms with E-state index in [1.54, 1.807) is 0 Å². The van der Waals surface area contributed by atoms with Crippen LogP contribution in [0.4, 0.5) is 0 Å². The number of nitrogens with zero attached hydrogens (tertiary/aromatic N) is 14. The Hall–Kier alpha value is -19.4. The Labute approximate surface area is 830 Å². The van der Waals surface area contributed by atoms with Crippen LogP contribution in [0.5, 0.6) is 0 Å². The van der Waals surface area contributed by atoms with Gasteiger partial charge in [-0.2, -0.15) is 19.9 Å². The number of para-hydroxylation sites is 7. The van der Waals surface area contributed by atoms with Gasteiger partial charge < -0.3 is 13.7 Å². The van der Waals surface area contributed by atoms with Crippen LogP contribution in [-0.2, 0) is 0 Å². The maximum Gasteiger partial charge on any atom is 0.238 e. The second-order valence-electron chi connectivity index (χ2n) is 35.9. The van der Waals surface area contributed by atoms with Crippen LogP contribution >= 0.6 is 11.3 Å². The maximum absolute atomic E-state index is 5.21. The van der Waals surface area contributed by atoms with Crippen LogP contribution in [0, 0.1) is 0 Å². The number of hydrogen-bond donors (Lipinski definition) is 0. The third-order valence-corrected chi connectivity index (χ3v) is 28.6. The molecular formula is C129H82N14S. The highest BCUT2D eigenvalue weighted by molar-refractivity contribution is 7.26. The van der Waals surface area contributed by atoms with E-state index in [2.05, 4.69) is 411 Å². The van der Waals surface area contributed by atoms with Crippen molar-refractivity contribution in [1.29, 1.82) is 0 Å². The molecule has 0 aliphatic carbocycles. The molecule has 674 valence electrons. The van der Waals surface area contributed by atoms with Gasteiger partial charge in [0.15, 0.2) is 40.8 Å². The summed E-state index contributed by atoms with van der Waals surface area (Å²) in [5.41, 5.74) is 25.8. The third kappa shape index (κ3) is 14.8. The van der Waals surface area contributed by atoms with Crippen molar-refractivity contribution in [2.24, 2.45) is 0 Å². The molecule has 0 aliphatic rings. The summed E-state index contributed by atoms with van der Waals surface area (Å²) >= 11 is 1.82. The molecule has 9 heterocycles. The normalized spacial score (nSPS) is 11.6. The first-order valence-corrected chi connectivity index (χ1v) is 49.0. The molecule has 0 atom stereocenters. The van der Waals surface area contributed by atoms with Gasteiger partial charge in [0.1, 0.15) is 0 Å². The van der Waals surface area contributed by atoms with Crippen molar-refractivity contribution in [3.8, 4) is 131 Å². The van der Waals surface area contributed by atoms with Crippen LogP contribution in [0.1, 0.15) is 0 Å². The molecule has 0 aliphatic heterocycles. The van der Waals surface area contributed by atoms with E-state index in [-0.39, 0.29) is 0 Å². The zero-order valence-corrected chi connectivity index (χ0v) is 78.3. The van der Waals surface area contributed by atoms with Gasteiger partial charge in [0.05, 0.1) is 59.9 Å². The summed E-state index contributed by atoms with van der Waals surface area (Å²) < 4.78 is 14.1. The molecule has 29 rings (SSSR count). The van der Waals surface area contributed by atoms with Gasteiger partial charge in [-0.05, 0) is 113 Å². The number of fused-ring (bicyclic) bond motifs is 20. The number of rotatable bonds is 14. The Kier molecular flexibility index (Phi) is 20.7. The molecule has 15 heteroatoms. The monoisotopic (exact) mass is 1860 g/mol. The Morgan fingerprint density at radius 1 is 0.146 bits per heavy atom. The fourth-order valence-electron chi connectivity index (χ4n) is 20.8. The van der Waals surface area contributed by atoms with E-state index in [0.29, 0.717) is 52.7 Å². The van der Waals surface area contributed by atoms with Crippen molar-refractivity contribution < 1.29 is 0 Å². The molecule has 0 amide bonds. The molecule has 14 nitrogen and oxygen atoms in total. The molecule has 0 bridgehead atoms. The predicted molar refractivity (Wildman–Crippen MR) is 593 cm³/mol. The van der Waals surface area contributed by atoms with Gasteiger partial charge in [-0.25, -0.2) is 24.9 Å². The zero-order chi connectivity index (χ0) is 95.1. The van der Waals surface area contributed by atoms with Crippen LogP contribution in [0.25, 0.3) is 260 Å². The molecular weight excluding hydrogens is 1780 g/mol. The molecule has 0 fully saturated rings. The van der Waals surface area contributed by atoms with E-state index < -0.39 is 0 Å². The Balaban J connectivity index is 0.000000108. The number of thiophene rings is 1. The van der Waals surface area contributed by atoms with Gasteiger partial charge in [0.25, 0.3) is 0 Å². The van der Waals surface area contributed by atoms with E-state index in [9.17, 15) is 0 Å². The van der Waals surface area contributed by atoms with Crippen molar-refractivity contribution >= 4 is 141 Å². The smallest absolute Gasteiger partial charge is 0.238 e. The fraction of sp³-hybridized carbons (Fsp3) is 0. The van der Waals surface area contributed by atoms with Crippen molar-refractivity contribution in [1.82, 2.24) is 67.7 Å². The van der Waals surface area contributed by atoms with Crippen molar-refractivity contribution in [2.75, 3.05) is 0 Å². The van der Waals surface area contributed by atoms with Gasteiger partial charge in [-0.3, -0.25) is 9.13 Å². The summed E-state index contributed by atoms with van der Waals surface area (Å²) in [4.78, 5) is 45.7. The lowest BCUT2D eigenvalue weighted by atomic mass is 10.0. The Morgan fingerprint density at radius 2 is 0.431 bits per heavy atom. The molecule has 0 saturated heterocycles. The first kappa shape index (κ1) is 84.0. The lowest BCUT2D eigenvalue weighted by molar-refractivity contribution is 0.953. The number of aromatic nitrogens is 14. The molecule has 9 aromatic heterocycles. The zero-order valence-electron chi connectivity index (χ0n) is 77.5. The lowest BCUT2D eigenvalue weighted by Crippen LogP contribution is -2.06. The first-order valence-electron chi connectivity index (χ1n) is 48.2. The SMILES string of the molecule is c1ccc(-c2ccc(-c3nc(-c4ccccc4)nc(-n4c5ccccc5c5cc6c(cc54)c4ccccc4n6-c4ccccc4)n3)cc2)cc1.c1ccc(-c2ccc(-c3nc(-c4ccccc4)nc(-n4c5ccccc5c5ccc6c7ccccc7sc6c54)n3)cc2)cc1.c1ccc(-c2nc(-c3ccccc3)nc(-c3cccc(-n4c5ccccc5c5c4ccc4c6ccccc6n(-c6ccccc6)c45)c3)n2)cc1. The average Bonchev–Trinajstić information content (AvgIpc) is 1.56. The molecule has 0 N–H and O–H groups in total. The summed E-state index contributed by atoms with van der Waals surface area (Å²) in [6, 6.07) is 174. The van der Waals surface area contributed by atoms with Crippen LogP contribution in [0.2, 0.25) is 0 Å². The van der Waals surface area contributed by atoms with Crippen LogP contribution in [0.3, 0.4) is 0 Å². The molecule has 29 aromatic rings. The van der Waals surface area contributed by atoms with Crippen molar-refractivity contribution in [2.45, 2.75) is 0 Å². The van der Waals surface area contributed by atoms with E-state index in [1.807, 2.05) is 121 Å². The second-order valence-corrected chi connectivity index (χ2v) is 36.9. The standard InChI is InChI=1S/2C45H29N5.C39H24N4S/c1-4-15-30(16-5-1)43-46-44(31-17-6-2-7-18-31)48-45(47-43)32-19-14-22-34(29-32)49-39-26-13-11-24-37(39)41-40(49)28-27-36-35-23-10-12-25-38(35)50(42(36)41)33-20-8-3-9-21-33;1-4-14-30(15-5-1)31-24-26-33(27-25-31)44-46-43(32-16-6-2-7-17-32)47-45(48-44)50-40-23-13-11-21-36(40)38-28-41-37(29-42(38)50)35-20-10-12-22-39(35)49(41)34-18-8-3-9-19-34;1-3-11-25(12-4-1)26-19-21-28(22-20-26)38-40-37(27-13-5-2-6-14-27)41-39(42-38)43-33-17-9-7-15-29(33)31-23-24-32-30-16-8-10-18-34(30)44-36(32)35(31)43/h2*1-29H;1-24H. The summed E-state index contributed by atoms with van der Waals surface area (Å²) in [7, 11) is 0. The predicted octanol–water partition coefficient (Wildman–Crippen LogP) is 32.5. The van der Waals surface area contributed by atoms with Gasteiger partial charge in [0, 0.05) is 125 Å². The van der Waals surface area contributed by atoms with Gasteiger partial charge in [-0.15, -0.1) is 11.3 Å². The minimum Gasteiger partial charge on any atom is -0.309 e. The molecule has 144 heavy (non-hydrogen) atoms.